The number of nitrogens with zero attached hydrogens (tertiary/aromatic N) is 1. The molecule has 2 aromatic carbocycles. The fourth-order valence-electron chi connectivity index (χ4n) is 4.32. The number of carbonyl (C=O) groups is 1. The van der Waals surface area contributed by atoms with E-state index in [0.29, 0.717) is 18.1 Å². The summed E-state index contributed by atoms with van der Waals surface area (Å²) < 4.78 is 13.3. The summed E-state index contributed by atoms with van der Waals surface area (Å²) in [5.74, 6) is 0.0803. The van der Waals surface area contributed by atoms with E-state index >= 15 is 0 Å². The molecule has 0 aliphatic heterocycles. The Hall–Kier alpha value is -2.95. The number of para-hydroxylation sites is 1. The standard InChI is InChI=1S/C28H37NO4/c1-3-4-5-6-7-8-9-10-11-15-20-33-27-24-21-23(32-2)18-19-25(24)29(26(27)28(30)31)22-16-13-12-14-17-22/h12-14,16-19,21H,3-11,15,20H2,1-2H3,(H,30,31). The normalized spacial score (nSPS) is 11.1. The van der Waals surface area contributed by atoms with E-state index < -0.39 is 5.97 Å². The summed E-state index contributed by atoms with van der Waals surface area (Å²) in [6, 6.07) is 15.1. The first-order valence-electron chi connectivity index (χ1n) is 12.3. The number of aromatic nitrogens is 1. The monoisotopic (exact) mass is 451 g/mol. The molecule has 1 heterocycles. The van der Waals surface area contributed by atoms with Crippen molar-refractivity contribution >= 4 is 16.9 Å². The van der Waals surface area contributed by atoms with Gasteiger partial charge in [0.05, 0.1) is 19.2 Å². The van der Waals surface area contributed by atoms with Crippen LogP contribution in [0.25, 0.3) is 16.6 Å². The summed E-state index contributed by atoms with van der Waals surface area (Å²) >= 11 is 0. The molecule has 0 aliphatic rings. The quantitative estimate of drug-likeness (QED) is 0.241. The summed E-state index contributed by atoms with van der Waals surface area (Å²) in [6.07, 6.45) is 12.5. The van der Waals surface area contributed by atoms with Crippen molar-refractivity contribution in [1.29, 1.82) is 0 Å². The molecule has 3 aromatic rings. The molecule has 0 spiro atoms. The number of hydrogen-bond acceptors (Lipinski definition) is 3. The van der Waals surface area contributed by atoms with E-state index in [2.05, 4.69) is 6.92 Å². The lowest BCUT2D eigenvalue weighted by atomic mass is 10.1. The second-order valence-corrected chi connectivity index (χ2v) is 8.57. The van der Waals surface area contributed by atoms with Crippen molar-refractivity contribution in [3.63, 3.8) is 0 Å². The highest BCUT2D eigenvalue weighted by molar-refractivity contribution is 6.02. The van der Waals surface area contributed by atoms with Crippen LogP contribution in [0.3, 0.4) is 0 Å². The van der Waals surface area contributed by atoms with E-state index in [9.17, 15) is 9.90 Å². The average Bonchev–Trinajstić information content (AvgIpc) is 3.16. The van der Waals surface area contributed by atoms with Crippen LogP contribution in [0.2, 0.25) is 0 Å². The molecule has 0 atom stereocenters. The van der Waals surface area contributed by atoms with Crippen molar-refractivity contribution < 1.29 is 19.4 Å². The van der Waals surface area contributed by atoms with Crippen LogP contribution >= 0.6 is 0 Å². The van der Waals surface area contributed by atoms with E-state index in [1.54, 1.807) is 11.7 Å². The Morgan fingerprint density at radius 1 is 0.879 bits per heavy atom. The summed E-state index contributed by atoms with van der Waals surface area (Å²) in [6.45, 7) is 2.75. The second-order valence-electron chi connectivity index (χ2n) is 8.57. The summed E-state index contributed by atoms with van der Waals surface area (Å²) in [5, 5.41) is 10.8. The van der Waals surface area contributed by atoms with E-state index in [4.69, 9.17) is 9.47 Å². The Labute approximate surface area is 197 Å². The Morgan fingerprint density at radius 3 is 2.12 bits per heavy atom. The zero-order valence-corrected chi connectivity index (χ0v) is 20.0. The molecule has 0 bridgehead atoms. The number of hydrogen-bond donors (Lipinski definition) is 1. The number of fused-ring (bicyclic) bond motifs is 1. The van der Waals surface area contributed by atoms with Crippen LogP contribution in [0.15, 0.2) is 48.5 Å². The smallest absolute Gasteiger partial charge is 0.356 e. The van der Waals surface area contributed by atoms with Gasteiger partial charge in [-0.25, -0.2) is 4.79 Å². The first kappa shape index (κ1) is 24.7. The molecule has 0 saturated carbocycles. The lowest BCUT2D eigenvalue weighted by molar-refractivity contribution is 0.0683. The van der Waals surface area contributed by atoms with Crippen LogP contribution in [-0.4, -0.2) is 29.4 Å². The topological polar surface area (TPSA) is 60.7 Å². The lowest BCUT2D eigenvalue weighted by Gasteiger charge is -2.10. The van der Waals surface area contributed by atoms with Crippen LogP contribution in [0.5, 0.6) is 11.5 Å². The average molecular weight is 452 g/mol. The van der Waals surface area contributed by atoms with E-state index in [-0.39, 0.29) is 5.69 Å². The summed E-state index contributed by atoms with van der Waals surface area (Å²) in [4.78, 5) is 12.3. The molecule has 0 aliphatic carbocycles. The van der Waals surface area contributed by atoms with Gasteiger partial charge in [0, 0.05) is 11.1 Å². The molecule has 1 N–H and O–H groups in total. The van der Waals surface area contributed by atoms with Crippen LogP contribution < -0.4 is 9.47 Å². The molecule has 5 nitrogen and oxygen atoms in total. The van der Waals surface area contributed by atoms with Crippen LogP contribution in [-0.2, 0) is 0 Å². The third-order valence-corrected chi connectivity index (χ3v) is 6.09. The van der Waals surface area contributed by atoms with Crippen molar-refractivity contribution in [2.45, 2.75) is 71.1 Å². The predicted molar refractivity (Wildman–Crippen MR) is 134 cm³/mol. The molecule has 178 valence electrons. The van der Waals surface area contributed by atoms with Gasteiger partial charge in [-0.3, -0.25) is 0 Å². The largest absolute Gasteiger partial charge is 0.497 e. The minimum Gasteiger partial charge on any atom is -0.497 e. The van der Waals surface area contributed by atoms with Gasteiger partial charge >= 0.3 is 5.97 Å². The minimum absolute atomic E-state index is 0.150. The maximum absolute atomic E-state index is 12.3. The van der Waals surface area contributed by atoms with Crippen molar-refractivity contribution in [3.8, 4) is 17.2 Å². The van der Waals surface area contributed by atoms with Crippen LogP contribution in [0.1, 0.15) is 81.6 Å². The molecule has 1 aromatic heterocycles. The molecule has 0 saturated heterocycles. The number of carboxylic acid groups (broad SMARTS) is 1. The molecule has 0 fully saturated rings. The van der Waals surface area contributed by atoms with Gasteiger partial charge in [-0.05, 0) is 36.8 Å². The SMILES string of the molecule is CCCCCCCCCCCCOc1c(C(=O)O)n(-c2ccccc2)c2ccc(OC)cc12. The summed E-state index contributed by atoms with van der Waals surface area (Å²) in [5.41, 5.74) is 1.73. The number of aromatic carboxylic acids is 1. The fourth-order valence-corrected chi connectivity index (χ4v) is 4.32. The number of ether oxygens (including phenoxy) is 2. The molecule has 33 heavy (non-hydrogen) atoms. The van der Waals surface area contributed by atoms with Crippen molar-refractivity contribution in [2.24, 2.45) is 0 Å². The van der Waals surface area contributed by atoms with Crippen molar-refractivity contribution in [2.75, 3.05) is 13.7 Å². The molecule has 0 amide bonds. The van der Waals surface area contributed by atoms with Gasteiger partial charge < -0.3 is 19.1 Å². The van der Waals surface area contributed by atoms with Gasteiger partial charge in [0.1, 0.15) is 5.75 Å². The molecule has 0 radical (unpaired) electrons. The fraction of sp³-hybridized carbons (Fsp3) is 0.464. The predicted octanol–water partition coefficient (Wildman–Crippen LogP) is 7.64. The number of carboxylic acids is 1. The number of benzene rings is 2. The van der Waals surface area contributed by atoms with Gasteiger partial charge in [0.15, 0.2) is 11.4 Å². The Morgan fingerprint density at radius 2 is 1.52 bits per heavy atom. The van der Waals surface area contributed by atoms with Gasteiger partial charge in [0.25, 0.3) is 0 Å². The Balaban J connectivity index is 1.68. The van der Waals surface area contributed by atoms with E-state index in [1.165, 1.54) is 51.4 Å². The maximum Gasteiger partial charge on any atom is 0.356 e. The van der Waals surface area contributed by atoms with Crippen molar-refractivity contribution in [1.82, 2.24) is 4.57 Å². The van der Waals surface area contributed by atoms with Gasteiger partial charge in [-0.1, -0.05) is 82.9 Å². The minimum atomic E-state index is -1.01. The molecule has 5 heteroatoms. The molecule has 3 rings (SSSR count). The third-order valence-electron chi connectivity index (χ3n) is 6.09. The van der Waals surface area contributed by atoms with Gasteiger partial charge in [0.2, 0.25) is 0 Å². The second kappa shape index (κ2) is 12.9. The highest BCUT2D eigenvalue weighted by atomic mass is 16.5. The van der Waals surface area contributed by atoms with Gasteiger partial charge in [-0.2, -0.15) is 0 Å². The molecular weight excluding hydrogens is 414 g/mol. The van der Waals surface area contributed by atoms with Crippen LogP contribution in [0.4, 0.5) is 0 Å². The maximum atomic E-state index is 12.3. The highest BCUT2D eigenvalue weighted by Gasteiger charge is 2.25. The number of methoxy groups -OCH3 is 1. The Bertz CT molecular complexity index is 1010. The highest BCUT2D eigenvalue weighted by Crippen LogP contribution is 2.38. The number of rotatable bonds is 15. The first-order valence-corrected chi connectivity index (χ1v) is 12.3. The first-order chi connectivity index (χ1) is 16.2. The van der Waals surface area contributed by atoms with Crippen LogP contribution in [0, 0.1) is 0 Å². The summed E-state index contributed by atoms with van der Waals surface area (Å²) in [7, 11) is 1.61. The zero-order chi connectivity index (χ0) is 23.5. The molecule has 0 unspecified atom stereocenters. The third kappa shape index (κ3) is 6.53. The zero-order valence-electron chi connectivity index (χ0n) is 20.0. The van der Waals surface area contributed by atoms with Gasteiger partial charge in [-0.15, -0.1) is 0 Å². The van der Waals surface area contributed by atoms with Crippen molar-refractivity contribution in [3.05, 3.63) is 54.2 Å². The van der Waals surface area contributed by atoms with E-state index in [0.717, 1.165) is 29.4 Å². The number of unbranched alkanes of at least 4 members (excludes halogenated alkanes) is 9. The molecular formula is C28H37NO4. The lowest BCUT2D eigenvalue weighted by Crippen LogP contribution is -2.09. The Kier molecular flexibility index (Phi) is 9.67. The van der Waals surface area contributed by atoms with E-state index in [1.807, 2.05) is 48.5 Å².